The highest BCUT2D eigenvalue weighted by atomic mass is 35.5. The van der Waals surface area contributed by atoms with Gasteiger partial charge < -0.3 is 20.0 Å². The highest BCUT2D eigenvalue weighted by Gasteiger charge is 2.77. The Bertz CT molecular complexity index is 1260. The average Bonchev–Trinajstić information content (AvgIpc) is 3.50. The van der Waals surface area contributed by atoms with E-state index in [0.717, 1.165) is 5.56 Å². The van der Waals surface area contributed by atoms with Crippen LogP contribution in [0.15, 0.2) is 67.3 Å². The minimum atomic E-state index is -1.01. The monoisotopic (exact) mass is 554 g/mol. The number of thioether (sulfide) groups is 1. The highest BCUT2D eigenvalue weighted by Crippen LogP contribution is 2.69. The van der Waals surface area contributed by atoms with Gasteiger partial charge in [-0.3, -0.25) is 14.4 Å². The van der Waals surface area contributed by atoms with Crippen molar-refractivity contribution in [2.45, 2.75) is 41.8 Å². The summed E-state index contributed by atoms with van der Waals surface area (Å²) >= 11 is 7.99. The molecule has 0 aliphatic carbocycles. The number of aliphatic hydroxyl groups excluding tert-OH is 1. The summed E-state index contributed by atoms with van der Waals surface area (Å²) in [6, 6.07) is 14.8. The predicted octanol–water partition coefficient (Wildman–Crippen LogP) is 3.88. The van der Waals surface area contributed by atoms with E-state index in [-0.39, 0.29) is 36.1 Å². The lowest BCUT2D eigenvalue weighted by Gasteiger charge is -2.42. The summed E-state index contributed by atoms with van der Waals surface area (Å²) in [5, 5.41) is 20.9. The first-order chi connectivity index (χ1) is 18.3. The van der Waals surface area contributed by atoms with Crippen molar-refractivity contribution >= 4 is 46.8 Å². The number of nitrogens with zero attached hydrogens (tertiary/aromatic N) is 2. The zero-order valence-electron chi connectivity index (χ0n) is 21.1. The van der Waals surface area contributed by atoms with Crippen molar-refractivity contribution in [2.75, 3.05) is 18.1 Å². The second kappa shape index (κ2) is 10.4. The number of aliphatic hydroxyl groups is 1. The number of halogens is 1. The number of hydrogen-bond acceptors (Lipinski definition) is 5. The molecular formula is C29H31ClN2O5S. The van der Waals surface area contributed by atoms with Gasteiger partial charge >= 0.3 is 5.97 Å². The summed E-state index contributed by atoms with van der Waals surface area (Å²) in [6.07, 6.45) is 2.55. The molecule has 2 bridgehead atoms. The Morgan fingerprint density at radius 1 is 1.24 bits per heavy atom. The Balaban J connectivity index is 1.65. The van der Waals surface area contributed by atoms with Crippen LogP contribution in [0.1, 0.15) is 18.9 Å². The first kappa shape index (κ1) is 26.8. The van der Waals surface area contributed by atoms with Gasteiger partial charge in [-0.25, -0.2) is 0 Å². The fourth-order valence-electron chi connectivity index (χ4n) is 6.81. The number of para-hydroxylation sites is 1. The fraction of sp³-hybridized carbons (Fsp3) is 0.414. The maximum Gasteiger partial charge on any atom is 0.308 e. The average molecular weight is 555 g/mol. The van der Waals surface area contributed by atoms with Gasteiger partial charge in [0.05, 0.1) is 39.9 Å². The molecule has 0 saturated carbocycles. The first-order valence-corrected chi connectivity index (χ1v) is 14.1. The molecule has 0 radical (unpaired) electrons. The summed E-state index contributed by atoms with van der Waals surface area (Å²) in [7, 11) is 0. The number of carbonyl (C=O) groups is 3. The van der Waals surface area contributed by atoms with Crippen LogP contribution >= 0.6 is 23.4 Å². The SMILES string of the molecule is C=CCN(C(=O)C1N([C@@H](CO)Cc2ccccc2)C(=O)[C@@H]2[C@H](C(=O)O)[C@@H]3CC(C)C12S3)c1ccccc1Cl. The quantitative estimate of drug-likeness (QED) is 0.456. The number of fused-ring (bicyclic) bond motifs is 1. The summed E-state index contributed by atoms with van der Waals surface area (Å²) in [5.74, 6) is -3.53. The van der Waals surface area contributed by atoms with E-state index in [2.05, 4.69) is 6.58 Å². The minimum Gasteiger partial charge on any atom is -0.481 e. The van der Waals surface area contributed by atoms with Crippen LogP contribution in [0.4, 0.5) is 5.69 Å². The number of aliphatic carboxylic acids is 1. The lowest BCUT2D eigenvalue weighted by molar-refractivity contribution is -0.149. The molecule has 7 nitrogen and oxygen atoms in total. The Kier molecular flexibility index (Phi) is 7.33. The molecule has 38 heavy (non-hydrogen) atoms. The number of carboxylic acids is 1. The van der Waals surface area contributed by atoms with Gasteiger partial charge in [0.25, 0.3) is 5.91 Å². The topological polar surface area (TPSA) is 98.2 Å². The molecule has 3 aliphatic rings. The van der Waals surface area contributed by atoms with Crippen LogP contribution in [0.2, 0.25) is 5.02 Å². The lowest BCUT2D eigenvalue weighted by Crippen LogP contribution is -2.59. The van der Waals surface area contributed by atoms with Gasteiger partial charge in [0, 0.05) is 11.8 Å². The van der Waals surface area contributed by atoms with Gasteiger partial charge in [0.15, 0.2) is 0 Å². The second-order valence-electron chi connectivity index (χ2n) is 10.4. The molecule has 3 aliphatic heterocycles. The third kappa shape index (κ3) is 4.05. The van der Waals surface area contributed by atoms with Gasteiger partial charge in [-0.05, 0) is 36.5 Å². The molecule has 3 saturated heterocycles. The third-order valence-electron chi connectivity index (χ3n) is 8.34. The molecule has 0 aromatic heterocycles. The summed E-state index contributed by atoms with van der Waals surface area (Å²) in [6.45, 7) is 5.64. The van der Waals surface area contributed by atoms with E-state index in [4.69, 9.17) is 11.6 Å². The molecular weight excluding hydrogens is 524 g/mol. The van der Waals surface area contributed by atoms with Crippen LogP contribution in [0.5, 0.6) is 0 Å². The molecule has 3 fully saturated rings. The third-order valence-corrected chi connectivity index (χ3v) is 10.7. The van der Waals surface area contributed by atoms with Crippen molar-refractivity contribution in [1.82, 2.24) is 4.90 Å². The van der Waals surface area contributed by atoms with Crippen molar-refractivity contribution in [3.05, 3.63) is 77.8 Å². The van der Waals surface area contributed by atoms with E-state index >= 15 is 0 Å². The summed E-state index contributed by atoms with van der Waals surface area (Å²) in [5.41, 5.74) is 1.41. The molecule has 3 unspecified atom stereocenters. The molecule has 2 amide bonds. The number of amides is 2. The number of carboxylic acid groups (broad SMARTS) is 1. The smallest absolute Gasteiger partial charge is 0.308 e. The van der Waals surface area contributed by atoms with E-state index in [1.165, 1.54) is 21.6 Å². The molecule has 5 rings (SSSR count). The molecule has 200 valence electrons. The first-order valence-electron chi connectivity index (χ1n) is 12.8. The number of rotatable bonds is 9. The molecule has 7 atom stereocenters. The maximum absolute atomic E-state index is 14.6. The largest absolute Gasteiger partial charge is 0.481 e. The summed E-state index contributed by atoms with van der Waals surface area (Å²) in [4.78, 5) is 44.4. The van der Waals surface area contributed by atoms with Crippen molar-refractivity contribution in [2.24, 2.45) is 17.8 Å². The molecule has 3 heterocycles. The van der Waals surface area contributed by atoms with Crippen LogP contribution in [-0.2, 0) is 20.8 Å². The Hall–Kier alpha value is -2.81. The van der Waals surface area contributed by atoms with Gasteiger partial charge in [-0.15, -0.1) is 18.3 Å². The van der Waals surface area contributed by atoms with E-state index in [9.17, 15) is 24.6 Å². The van der Waals surface area contributed by atoms with E-state index in [0.29, 0.717) is 23.6 Å². The Morgan fingerprint density at radius 3 is 2.55 bits per heavy atom. The zero-order valence-corrected chi connectivity index (χ0v) is 22.6. The number of carbonyl (C=O) groups excluding carboxylic acids is 2. The van der Waals surface area contributed by atoms with E-state index in [1.54, 1.807) is 30.3 Å². The van der Waals surface area contributed by atoms with Crippen LogP contribution in [0, 0.1) is 17.8 Å². The molecule has 2 N–H and O–H groups in total. The number of likely N-dealkylation sites (tertiary alicyclic amines) is 1. The number of anilines is 1. The molecule has 2 aromatic carbocycles. The lowest BCUT2D eigenvalue weighted by atomic mass is 9.66. The van der Waals surface area contributed by atoms with E-state index < -0.39 is 34.6 Å². The van der Waals surface area contributed by atoms with Crippen LogP contribution in [0.3, 0.4) is 0 Å². The van der Waals surface area contributed by atoms with Crippen LogP contribution in [-0.4, -0.2) is 68.1 Å². The van der Waals surface area contributed by atoms with Crippen LogP contribution in [0.25, 0.3) is 0 Å². The highest BCUT2D eigenvalue weighted by molar-refractivity contribution is 8.02. The van der Waals surface area contributed by atoms with E-state index in [1.807, 2.05) is 37.3 Å². The van der Waals surface area contributed by atoms with Gasteiger partial charge in [0.2, 0.25) is 5.91 Å². The van der Waals surface area contributed by atoms with Crippen molar-refractivity contribution in [3.63, 3.8) is 0 Å². The predicted molar refractivity (Wildman–Crippen MR) is 148 cm³/mol. The molecule has 9 heteroatoms. The van der Waals surface area contributed by atoms with Crippen molar-refractivity contribution in [1.29, 1.82) is 0 Å². The maximum atomic E-state index is 14.6. The normalized spacial score (nSPS) is 30.2. The Morgan fingerprint density at radius 2 is 1.92 bits per heavy atom. The zero-order chi connectivity index (χ0) is 27.2. The minimum absolute atomic E-state index is 0.0751. The molecule has 2 aromatic rings. The second-order valence-corrected chi connectivity index (χ2v) is 12.3. The Labute approximate surface area is 231 Å². The van der Waals surface area contributed by atoms with Crippen LogP contribution < -0.4 is 4.90 Å². The standard InChI is InChI=1S/C29H31ClN2O5S/c1-3-13-31(21-12-8-7-11-20(21)30)27(35)25-29-17(2)14-22(38-29)23(28(36)37)24(29)26(34)32(25)19(16-33)15-18-9-5-4-6-10-18/h3-12,17,19,22-25,33H,1,13-16H2,2H3,(H,36,37)/t17?,19-,22+,23-,24+,25?,29?/m1/s1. The number of benzene rings is 2. The number of hydrogen-bond donors (Lipinski definition) is 2. The molecule has 1 spiro atoms. The van der Waals surface area contributed by atoms with Crippen molar-refractivity contribution < 1.29 is 24.6 Å². The van der Waals surface area contributed by atoms with Gasteiger partial charge in [-0.2, -0.15) is 0 Å². The van der Waals surface area contributed by atoms with Crippen molar-refractivity contribution in [3.8, 4) is 0 Å². The summed E-state index contributed by atoms with van der Waals surface area (Å²) < 4.78 is -0.924. The fourth-order valence-corrected chi connectivity index (χ4v) is 9.44. The van der Waals surface area contributed by atoms with Gasteiger partial charge in [0.1, 0.15) is 6.04 Å². The van der Waals surface area contributed by atoms with Gasteiger partial charge in [-0.1, -0.05) is 67.1 Å².